The molecule has 0 saturated heterocycles. The summed E-state index contributed by atoms with van der Waals surface area (Å²) in [6.45, 7) is 3.94. The van der Waals surface area contributed by atoms with Crippen LogP contribution in [0.4, 0.5) is 11.4 Å². The normalized spacial score (nSPS) is 14.6. The van der Waals surface area contributed by atoms with Crippen LogP contribution < -0.4 is 10.6 Å². The van der Waals surface area contributed by atoms with Gasteiger partial charge in [0.2, 0.25) is 0 Å². The van der Waals surface area contributed by atoms with Crippen LogP contribution >= 0.6 is 0 Å². The number of fused-ring (bicyclic) bond motifs is 1. The Hall–Kier alpha value is -1.22. The van der Waals surface area contributed by atoms with Crippen molar-refractivity contribution in [2.75, 3.05) is 30.3 Å². The number of hydrogen-bond acceptors (Lipinski definition) is 3. The van der Waals surface area contributed by atoms with Crippen molar-refractivity contribution >= 4 is 11.4 Å². The number of nitrogens with two attached hydrogens (primary N) is 1. The molecule has 0 aliphatic carbocycles. The van der Waals surface area contributed by atoms with Gasteiger partial charge in [0.15, 0.2) is 0 Å². The van der Waals surface area contributed by atoms with Crippen molar-refractivity contribution in [3.63, 3.8) is 0 Å². The second kappa shape index (κ2) is 3.50. The molecule has 3 nitrogen and oxygen atoms in total. The van der Waals surface area contributed by atoms with Gasteiger partial charge in [0.1, 0.15) is 0 Å². The van der Waals surface area contributed by atoms with E-state index in [2.05, 4.69) is 11.0 Å². The summed E-state index contributed by atoms with van der Waals surface area (Å²) in [5, 5.41) is 8.90. The van der Waals surface area contributed by atoms with Crippen molar-refractivity contribution in [1.82, 2.24) is 0 Å². The van der Waals surface area contributed by atoms with Crippen molar-refractivity contribution in [2.45, 2.75) is 13.3 Å². The summed E-state index contributed by atoms with van der Waals surface area (Å²) in [5.41, 5.74) is 10.4. The molecule has 0 unspecified atom stereocenters. The molecule has 0 amide bonds. The lowest BCUT2D eigenvalue weighted by atomic mass is 10.1. The van der Waals surface area contributed by atoms with Gasteiger partial charge < -0.3 is 15.7 Å². The number of rotatable bonds is 2. The van der Waals surface area contributed by atoms with Gasteiger partial charge in [0.25, 0.3) is 0 Å². The van der Waals surface area contributed by atoms with Gasteiger partial charge in [0, 0.05) is 24.5 Å². The maximum absolute atomic E-state index is 8.90. The van der Waals surface area contributed by atoms with E-state index in [9.17, 15) is 0 Å². The highest BCUT2D eigenvalue weighted by Gasteiger charge is 2.19. The first-order chi connectivity index (χ1) is 6.72. The van der Waals surface area contributed by atoms with Crippen molar-refractivity contribution in [3.05, 3.63) is 23.3 Å². The maximum atomic E-state index is 8.90. The van der Waals surface area contributed by atoms with Gasteiger partial charge in [-0.1, -0.05) is 6.07 Å². The molecule has 76 valence electrons. The third kappa shape index (κ3) is 1.44. The highest BCUT2D eigenvalue weighted by molar-refractivity contribution is 5.67. The van der Waals surface area contributed by atoms with Crippen molar-refractivity contribution in [3.8, 4) is 0 Å². The van der Waals surface area contributed by atoms with Crippen molar-refractivity contribution < 1.29 is 5.11 Å². The van der Waals surface area contributed by atoms with Crippen LogP contribution in [0.25, 0.3) is 0 Å². The fourth-order valence-electron chi connectivity index (χ4n) is 2.00. The molecule has 2 rings (SSSR count). The molecule has 1 heterocycles. The topological polar surface area (TPSA) is 49.5 Å². The molecule has 0 atom stereocenters. The zero-order valence-electron chi connectivity index (χ0n) is 8.45. The molecule has 1 aromatic rings. The van der Waals surface area contributed by atoms with Crippen molar-refractivity contribution in [1.29, 1.82) is 0 Å². The Kier molecular flexibility index (Phi) is 2.33. The Morgan fingerprint density at radius 1 is 1.50 bits per heavy atom. The lowest BCUT2D eigenvalue weighted by molar-refractivity contribution is 0.303. The van der Waals surface area contributed by atoms with E-state index in [0.29, 0.717) is 6.54 Å². The zero-order valence-corrected chi connectivity index (χ0v) is 8.45. The predicted molar refractivity (Wildman–Crippen MR) is 58.6 cm³/mol. The Morgan fingerprint density at radius 3 is 3.00 bits per heavy atom. The molecule has 1 aliphatic heterocycles. The van der Waals surface area contributed by atoms with Gasteiger partial charge in [-0.3, -0.25) is 0 Å². The standard InChI is InChI=1S/C11H16N2O/c1-8-6-9-2-3-13(4-5-14)11(9)7-10(8)12/h6-7,14H,2-5,12H2,1H3. The summed E-state index contributed by atoms with van der Waals surface area (Å²) in [7, 11) is 0. The van der Waals surface area contributed by atoms with Gasteiger partial charge in [0.05, 0.1) is 6.61 Å². The summed E-state index contributed by atoms with van der Waals surface area (Å²) in [5.74, 6) is 0. The van der Waals surface area contributed by atoms with E-state index in [0.717, 1.165) is 24.2 Å². The van der Waals surface area contributed by atoms with Crippen LogP contribution in [0.1, 0.15) is 11.1 Å². The molecule has 14 heavy (non-hydrogen) atoms. The van der Waals surface area contributed by atoms with Gasteiger partial charge >= 0.3 is 0 Å². The Morgan fingerprint density at radius 2 is 2.29 bits per heavy atom. The molecule has 3 N–H and O–H groups in total. The average Bonchev–Trinajstić information content (AvgIpc) is 2.51. The Bertz CT molecular complexity index is 349. The molecule has 0 saturated carbocycles. The van der Waals surface area contributed by atoms with Gasteiger partial charge in [-0.25, -0.2) is 0 Å². The molecule has 3 heteroatoms. The molecular weight excluding hydrogens is 176 g/mol. The van der Waals surface area contributed by atoms with Crippen LogP contribution in [0.3, 0.4) is 0 Å². The van der Waals surface area contributed by atoms with E-state index in [4.69, 9.17) is 10.8 Å². The smallest absolute Gasteiger partial charge is 0.0606 e. The van der Waals surface area contributed by atoms with Crippen LogP contribution in [-0.2, 0) is 6.42 Å². The summed E-state index contributed by atoms with van der Waals surface area (Å²) in [4.78, 5) is 2.19. The second-order valence-electron chi connectivity index (χ2n) is 3.80. The van der Waals surface area contributed by atoms with E-state index < -0.39 is 0 Å². The minimum Gasteiger partial charge on any atom is -0.398 e. The number of aliphatic hydroxyl groups is 1. The van der Waals surface area contributed by atoms with E-state index in [1.807, 2.05) is 13.0 Å². The molecular formula is C11H16N2O. The summed E-state index contributed by atoms with van der Waals surface area (Å²) in [6.07, 6.45) is 1.07. The van der Waals surface area contributed by atoms with Crippen LogP contribution in [-0.4, -0.2) is 24.8 Å². The molecule has 0 aromatic heterocycles. The quantitative estimate of drug-likeness (QED) is 0.685. The Balaban J connectivity index is 2.35. The fourth-order valence-corrected chi connectivity index (χ4v) is 2.00. The lowest BCUT2D eigenvalue weighted by Crippen LogP contribution is -2.24. The van der Waals surface area contributed by atoms with Crippen LogP contribution in [0.2, 0.25) is 0 Å². The molecule has 1 aliphatic rings. The third-order valence-electron chi connectivity index (χ3n) is 2.83. The number of aryl methyl sites for hydroxylation is 1. The average molecular weight is 192 g/mol. The van der Waals surface area contributed by atoms with Crippen LogP contribution in [0.5, 0.6) is 0 Å². The van der Waals surface area contributed by atoms with Gasteiger partial charge in [-0.2, -0.15) is 0 Å². The molecule has 0 radical (unpaired) electrons. The van der Waals surface area contributed by atoms with Crippen molar-refractivity contribution in [2.24, 2.45) is 0 Å². The lowest BCUT2D eigenvalue weighted by Gasteiger charge is -2.18. The fraction of sp³-hybridized carbons (Fsp3) is 0.455. The number of aliphatic hydroxyl groups excluding tert-OH is 1. The SMILES string of the molecule is Cc1cc2c(cc1N)N(CCO)CC2. The first-order valence-corrected chi connectivity index (χ1v) is 4.97. The van der Waals surface area contributed by atoms with E-state index in [1.54, 1.807) is 0 Å². The highest BCUT2D eigenvalue weighted by Crippen LogP contribution is 2.31. The summed E-state index contributed by atoms with van der Waals surface area (Å²) in [6, 6.07) is 4.18. The van der Waals surface area contributed by atoms with Gasteiger partial charge in [-0.05, 0) is 30.5 Å². The molecule has 0 bridgehead atoms. The number of nitrogen functional groups attached to an aromatic ring is 1. The minimum absolute atomic E-state index is 0.202. The van der Waals surface area contributed by atoms with E-state index >= 15 is 0 Å². The minimum atomic E-state index is 0.202. The first kappa shape index (κ1) is 9.34. The zero-order chi connectivity index (χ0) is 10.1. The molecule has 0 fully saturated rings. The van der Waals surface area contributed by atoms with E-state index in [1.165, 1.54) is 11.3 Å². The van der Waals surface area contributed by atoms with Crippen LogP contribution in [0.15, 0.2) is 12.1 Å². The number of benzene rings is 1. The maximum Gasteiger partial charge on any atom is 0.0606 e. The number of hydrogen-bond donors (Lipinski definition) is 2. The second-order valence-corrected chi connectivity index (χ2v) is 3.80. The highest BCUT2D eigenvalue weighted by atomic mass is 16.3. The third-order valence-corrected chi connectivity index (χ3v) is 2.83. The van der Waals surface area contributed by atoms with Crippen LogP contribution in [0, 0.1) is 6.92 Å². The predicted octanol–water partition coefficient (Wildman–Crippen LogP) is 0.932. The first-order valence-electron chi connectivity index (χ1n) is 4.97. The monoisotopic (exact) mass is 192 g/mol. The summed E-state index contributed by atoms with van der Waals surface area (Å²) < 4.78 is 0. The number of anilines is 2. The number of β-amino-alcohol motifs (C(OH)–C–C–N with tert-alkyl or cyclic N) is 1. The molecule has 0 spiro atoms. The largest absolute Gasteiger partial charge is 0.398 e. The summed E-state index contributed by atoms with van der Waals surface area (Å²) >= 11 is 0. The number of nitrogens with zero attached hydrogens (tertiary/aromatic N) is 1. The van der Waals surface area contributed by atoms with E-state index in [-0.39, 0.29) is 6.61 Å². The Labute approximate surface area is 84.1 Å². The van der Waals surface area contributed by atoms with Gasteiger partial charge in [-0.15, -0.1) is 0 Å². The molecule has 1 aromatic carbocycles.